The van der Waals surface area contributed by atoms with Gasteiger partial charge in [-0.3, -0.25) is 24.1 Å². The predicted molar refractivity (Wildman–Crippen MR) is 279 cm³/mol. The fourth-order valence-electron chi connectivity index (χ4n) is 8.90. The lowest BCUT2D eigenvalue weighted by Crippen LogP contribution is -2.58. The quantitative estimate of drug-likeness (QED) is 0.0589. The molecule has 0 saturated carbocycles. The number of carbonyl (C=O) groups excluding carboxylic acids is 4. The number of aliphatic hydroxyl groups is 3. The van der Waals surface area contributed by atoms with Crippen molar-refractivity contribution >= 4 is 63.7 Å². The summed E-state index contributed by atoms with van der Waals surface area (Å²) in [5, 5.41) is 46.8. The fourth-order valence-corrected chi connectivity index (χ4v) is 10.2. The molecule has 3 heterocycles. The first-order valence-electron chi connectivity index (χ1n) is 24.0. The summed E-state index contributed by atoms with van der Waals surface area (Å²) in [6, 6.07) is 23.6. The summed E-state index contributed by atoms with van der Waals surface area (Å²) < 4.78 is 52.5. The molecule has 16 nitrogen and oxygen atoms in total. The Balaban J connectivity index is 0.877. The van der Waals surface area contributed by atoms with Gasteiger partial charge in [-0.25, -0.2) is 4.98 Å². The highest BCUT2D eigenvalue weighted by Crippen LogP contribution is 2.40. The van der Waals surface area contributed by atoms with Crippen molar-refractivity contribution in [3.63, 3.8) is 0 Å². The minimum atomic E-state index is -4.83. The molecule has 4 amide bonds. The van der Waals surface area contributed by atoms with Gasteiger partial charge in [0.1, 0.15) is 48.8 Å². The van der Waals surface area contributed by atoms with Crippen LogP contribution in [-0.2, 0) is 30.1 Å². The van der Waals surface area contributed by atoms with Crippen molar-refractivity contribution in [3.8, 4) is 33.4 Å². The maximum absolute atomic E-state index is 14.1. The summed E-state index contributed by atoms with van der Waals surface area (Å²) in [6.45, 7) is 10.8. The minimum Gasteiger partial charge on any atom is -0.491 e. The van der Waals surface area contributed by atoms with Crippen LogP contribution in [0, 0.1) is 23.7 Å². The third kappa shape index (κ3) is 12.5. The number of amides is 4. The van der Waals surface area contributed by atoms with Crippen LogP contribution in [0.25, 0.3) is 21.6 Å². The van der Waals surface area contributed by atoms with Gasteiger partial charge in [0.25, 0.3) is 5.91 Å². The summed E-state index contributed by atoms with van der Waals surface area (Å²) in [6.07, 6.45) is -8.65. The Hall–Kier alpha value is -6.80. The van der Waals surface area contributed by atoms with E-state index in [0.717, 1.165) is 49.9 Å². The van der Waals surface area contributed by atoms with Gasteiger partial charge in [-0.2, -0.15) is 18.4 Å². The number of nitrogens with one attached hydrogen (secondary N) is 2. The van der Waals surface area contributed by atoms with Gasteiger partial charge in [0, 0.05) is 18.7 Å². The van der Waals surface area contributed by atoms with Crippen LogP contribution in [0.5, 0.6) is 5.75 Å². The van der Waals surface area contributed by atoms with Crippen molar-refractivity contribution < 1.29 is 57.1 Å². The molecule has 0 bridgehead atoms. The Morgan fingerprint density at radius 3 is 2.11 bits per heavy atom. The molecule has 0 aliphatic carbocycles. The van der Waals surface area contributed by atoms with E-state index in [4.69, 9.17) is 21.7 Å². The number of hydrogen-bond donors (Lipinski definition) is 5. The lowest BCUT2D eigenvalue weighted by atomic mass is 9.85. The third-order valence-electron chi connectivity index (χ3n) is 13.1. The highest BCUT2D eigenvalue weighted by molar-refractivity contribution is 7.81. The molecule has 0 radical (unpaired) electrons. The highest BCUT2D eigenvalue weighted by atomic mass is 32.1. The summed E-state index contributed by atoms with van der Waals surface area (Å²) in [4.78, 5) is 63.8. The fraction of sp³-hybridized carbons (Fsp3) is 0.389. The zero-order valence-corrected chi connectivity index (χ0v) is 43.8. The Morgan fingerprint density at radius 1 is 0.920 bits per heavy atom. The van der Waals surface area contributed by atoms with Gasteiger partial charge in [-0.1, -0.05) is 69.3 Å². The molecular formula is C54H58F3N7O9S2. The Kier molecular flexibility index (Phi) is 16.8. The average molecular weight is 1070 g/mol. The van der Waals surface area contributed by atoms with Crippen LogP contribution in [0.3, 0.4) is 0 Å². The van der Waals surface area contributed by atoms with Crippen molar-refractivity contribution in [2.75, 3.05) is 36.2 Å². The van der Waals surface area contributed by atoms with Gasteiger partial charge < -0.3 is 45.2 Å². The summed E-state index contributed by atoms with van der Waals surface area (Å²) in [7, 11) is 0. The third-order valence-corrected chi connectivity index (χ3v) is 14.5. The van der Waals surface area contributed by atoms with E-state index >= 15 is 0 Å². The molecule has 396 valence electrons. The highest BCUT2D eigenvalue weighted by Gasteiger charge is 2.51. The number of alkyl halides is 3. The largest absolute Gasteiger partial charge is 0.491 e. The molecule has 6 atom stereocenters. The van der Waals surface area contributed by atoms with Crippen LogP contribution in [0.2, 0.25) is 0 Å². The zero-order chi connectivity index (χ0) is 54.7. The molecule has 75 heavy (non-hydrogen) atoms. The smallest absolute Gasteiger partial charge is 0.417 e. The maximum Gasteiger partial charge on any atom is 0.417 e. The van der Waals surface area contributed by atoms with E-state index in [2.05, 4.69) is 15.6 Å². The molecule has 2 fully saturated rings. The molecule has 5 aromatic rings. The monoisotopic (exact) mass is 1070 g/mol. The molecule has 7 rings (SSSR count). The number of thiazole rings is 1. The number of aryl methyl sites for hydroxylation is 1. The number of rotatable bonds is 17. The topological polar surface area (TPSA) is 218 Å². The normalized spacial score (nSPS) is 18.3. The number of likely N-dealkylation sites (tertiary alicyclic amines) is 1. The number of halogens is 3. The van der Waals surface area contributed by atoms with Gasteiger partial charge in [0.05, 0.1) is 57.7 Å². The van der Waals surface area contributed by atoms with Crippen molar-refractivity contribution in [3.05, 3.63) is 119 Å². The number of ether oxygens (including phenoxy) is 2. The number of nitriles is 1. The minimum absolute atomic E-state index is 0.0160. The standard InChI is InChI=1S/C54H58F3N7O9S2/c1-30(32-8-10-35(11-9-32)46-31(2)59-29-75-46)60-48(69)42-23-39(65)25-62(42)49(70)47(52(3,4)5)61-45(68)28-72-26-43(66)44(67)27-73-40-20-15-34(16-21-40)33-12-17-37(18-13-33)64-51(74)63(50(71)53(64,6)7)38-19-14-36(24-58)41(22-38)54(55,56)57/h8-22,29-30,39,42-44,47,65-67H,23,25-28H2,1-7H3,(H,60,69)(H,61,68)/t30-,39+,42-,43-,44-,47?/m0/s1. The number of carbonyl (C=O) groups is 4. The molecule has 5 N–H and O–H groups in total. The van der Waals surface area contributed by atoms with Crippen LogP contribution in [0.1, 0.15) is 76.4 Å². The summed E-state index contributed by atoms with van der Waals surface area (Å²) in [5.74, 6) is -1.87. The molecule has 2 aliphatic rings. The maximum atomic E-state index is 14.1. The van der Waals surface area contributed by atoms with Gasteiger partial charge in [-0.15, -0.1) is 11.3 Å². The molecule has 0 spiro atoms. The first-order valence-corrected chi connectivity index (χ1v) is 25.2. The number of thiocarbonyl (C=S) groups is 1. The van der Waals surface area contributed by atoms with E-state index in [9.17, 15) is 52.9 Å². The van der Waals surface area contributed by atoms with Gasteiger partial charge in [0.15, 0.2) is 5.11 Å². The number of benzene rings is 4. The van der Waals surface area contributed by atoms with Crippen molar-refractivity contribution in [1.29, 1.82) is 5.26 Å². The summed E-state index contributed by atoms with van der Waals surface area (Å²) in [5.41, 5.74) is 2.64. The van der Waals surface area contributed by atoms with Gasteiger partial charge >= 0.3 is 6.18 Å². The van der Waals surface area contributed by atoms with E-state index in [0.29, 0.717) is 11.4 Å². The Labute approximate surface area is 441 Å². The van der Waals surface area contributed by atoms with Crippen molar-refractivity contribution in [1.82, 2.24) is 20.5 Å². The molecule has 2 saturated heterocycles. The predicted octanol–water partition coefficient (Wildman–Crippen LogP) is 7.08. The Bertz CT molecular complexity index is 2960. The van der Waals surface area contributed by atoms with E-state index < -0.39 is 102 Å². The van der Waals surface area contributed by atoms with Crippen LogP contribution < -0.4 is 25.2 Å². The average Bonchev–Trinajstić information content (AvgIpc) is 4.03. The van der Waals surface area contributed by atoms with Crippen LogP contribution >= 0.6 is 23.6 Å². The molecule has 21 heteroatoms. The second-order valence-electron chi connectivity index (χ2n) is 20.1. The van der Waals surface area contributed by atoms with E-state index in [1.807, 2.05) is 38.1 Å². The number of nitrogens with zero attached hydrogens (tertiary/aromatic N) is 5. The van der Waals surface area contributed by atoms with E-state index in [1.165, 1.54) is 17.0 Å². The molecule has 1 unspecified atom stereocenters. The zero-order valence-electron chi connectivity index (χ0n) is 42.2. The number of β-amino-alcohol motifs (C(OH)–C–C–N with tert-alkyl or cyclic N) is 1. The Morgan fingerprint density at radius 2 is 1.52 bits per heavy atom. The van der Waals surface area contributed by atoms with Gasteiger partial charge in [0.2, 0.25) is 17.7 Å². The second kappa shape index (κ2) is 22.6. The van der Waals surface area contributed by atoms with Crippen LogP contribution in [0.4, 0.5) is 24.5 Å². The SMILES string of the molecule is Cc1ncsc1-c1ccc([C@H](C)NC(=O)[C@@H]2C[C@@H](O)CN2C(=O)C(NC(=O)COC[C@H](O)[C@@H](O)COc2ccc(-c3ccc(N4C(=S)N(c5ccc(C#N)c(C(F)(F)F)c5)C(=O)C4(C)C)cc3)cc2)C(C)(C)C)cc1. The molecule has 1 aromatic heterocycles. The van der Waals surface area contributed by atoms with Crippen molar-refractivity contribution in [2.45, 2.75) is 103 Å². The lowest BCUT2D eigenvalue weighted by Gasteiger charge is -2.35. The number of aliphatic hydroxyl groups excluding tert-OH is 3. The van der Waals surface area contributed by atoms with Crippen molar-refractivity contribution in [2.24, 2.45) is 5.41 Å². The van der Waals surface area contributed by atoms with E-state index in [-0.39, 0.29) is 30.4 Å². The molecular weight excluding hydrogens is 1010 g/mol. The van der Waals surface area contributed by atoms with Crippen LogP contribution in [0.15, 0.2) is 96.5 Å². The van der Waals surface area contributed by atoms with Crippen LogP contribution in [-0.4, -0.2) is 116 Å². The number of hydrogen-bond acceptors (Lipinski definition) is 13. The van der Waals surface area contributed by atoms with E-state index in [1.54, 1.807) is 105 Å². The number of anilines is 2. The number of aromatic nitrogens is 1. The molecule has 2 aliphatic heterocycles. The van der Waals surface area contributed by atoms with Gasteiger partial charge in [-0.05, 0) is 110 Å². The first-order chi connectivity index (χ1) is 35.3. The summed E-state index contributed by atoms with van der Waals surface area (Å²) >= 11 is 7.20. The second-order valence-corrected chi connectivity index (χ2v) is 21.3. The lowest BCUT2D eigenvalue weighted by molar-refractivity contribution is -0.145. The first kappa shape index (κ1) is 55.9. The molecule has 4 aromatic carbocycles.